The maximum atomic E-state index is 14.6. The van der Waals surface area contributed by atoms with Crippen molar-refractivity contribution in [3.05, 3.63) is 87.4 Å². The Morgan fingerprint density at radius 1 is 0.826 bits per heavy atom. The number of ether oxygens (including phenoxy) is 1. The molecule has 7 nitrogen and oxygen atoms in total. The Balaban J connectivity index is 1.54. The van der Waals surface area contributed by atoms with Gasteiger partial charge in [0.2, 0.25) is 5.91 Å². The average molecular weight is 715 g/mol. The highest BCUT2D eigenvalue weighted by Crippen LogP contribution is 2.65. The molecule has 17 heteroatoms. The third-order valence-electron chi connectivity index (χ3n) is 6.50. The second-order valence-corrected chi connectivity index (χ2v) is 12.9. The molecule has 0 unspecified atom stereocenters. The van der Waals surface area contributed by atoms with Crippen molar-refractivity contribution in [2.75, 3.05) is 16.0 Å². The summed E-state index contributed by atoms with van der Waals surface area (Å²) in [5.41, 5.74) is -4.98. The van der Waals surface area contributed by atoms with Crippen molar-refractivity contribution >= 4 is 69.8 Å². The molecule has 1 saturated carbocycles. The number of hydrogen-bond donors (Lipinski definition) is 3. The molecule has 3 aromatic rings. The van der Waals surface area contributed by atoms with Gasteiger partial charge in [-0.25, -0.2) is 22.4 Å². The predicted octanol–water partition coefficient (Wildman–Crippen LogP) is 9.04. The minimum absolute atomic E-state index is 0.0949. The van der Waals surface area contributed by atoms with Gasteiger partial charge < -0.3 is 15.4 Å². The van der Waals surface area contributed by atoms with E-state index in [0.29, 0.717) is 18.2 Å². The van der Waals surface area contributed by atoms with Crippen molar-refractivity contribution in [1.82, 2.24) is 0 Å². The van der Waals surface area contributed by atoms with Gasteiger partial charge in [-0.2, -0.15) is 13.2 Å². The van der Waals surface area contributed by atoms with E-state index in [1.165, 1.54) is 26.8 Å². The summed E-state index contributed by atoms with van der Waals surface area (Å²) in [6.07, 6.45) is -6.22. The van der Waals surface area contributed by atoms with Crippen molar-refractivity contribution < 1.29 is 49.9 Å². The van der Waals surface area contributed by atoms with Crippen LogP contribution >= 0.6 is 34.8 Å². The molecule has 46 heavy (non-hydrogen) atoms. The van der Waals surface area contributed by atoms with E-state index in [1.54, 1.807) is 0 Å². The number of hydrogen-bond acceptors (Lipinski definition) is 4. The number of halogens is 10. The molecule has 1 aliphatic rings. The zero-order valence-corrected chi connectivity index (χ0v) is 25.9. The van der Waals surface area contributed by atoms with Crippen molar-refractivity contribution in [2.24, 2.45) is 5.92 Å². The highest BCUT2D eigenvalue weighted by atomic mass is 35.5. The topological polar surface area (TPSA) is 96.5 Å². The molecule has 0 heterocycles. The summed E-state index contributed by atoms with van der Waals surface area (Å²) in [6.45, 7) is 4.51. The minimum Gasteiger partial charge on any atom is -0.444 e. The highest BCUT2D eigenvalue weighted by Gasteiger charge is 2.67. The van der Waals surface area contributed by atoms with Gasteiger partial charge in [0.25, 0.3) is 5.91 Å². The van der Waals surface area contributed by atoms with Gasteiger partial charge in [0.1, 0.15) is 15.8 Å². The molecular formula is C29H21Cl3F7N3O4. The normalized spacial score (nSPS) is 17.2. The van der Waals surface area contributed by atoms with Crippen molar-refractivity contribution in [3.63, 3.8) is 0 Å². The van der Waals surface area contributed by atoms with Gasteiger partial charge in [0.05, 0.1) is 33.4 Å². The van der Waals surface area contributed by atoms with Gasteiger partial charge >= 0.3 is 12.3 Å². The molecule has 0 radical (unpaired) electrons. The van der Waals surface area contributed by atoms with Gasteiger partial charge in [-0.3, -0.25) is 14.9 Å². The maximum Gasteiger partial charge on any atom is 0.419 e. The highest BCUT2D eigenvalue weighted by molar-refractivity contribution is 6.53. The van der Waals surface area contributed by atoms with Crippen LogP contribution in [-0.2, 0) is 15.7 Å². The lowest BCUT2D eigenvalue weighted by Gasteiger charge is -2.20. The second-order valence-electron chi connectivity index (χ2n) is 11.0. The van der Waals surface area contributed by atoms with E-state index in [2.05, 4.69) is 5.32 Å². The number of benzene rings is 3. The van der Waals surface area contributed by atoms with E-state index in [0.717, 1.165) is 18.2 Å². The Morgan fingerprint density at radius 2 is 1.43 bits per heavy atom. The van der Waals surface area contributed by atoms with E-state index in [9.17, 15) is 45.1 Å². The Labute approximate surface area is 271 Å². The zero-order chi connectivity index (χ0) is 34.5. The van der Waals surface area contributed by atoms with Crippen LogP contribution in [0.4, 0.5) is 52.6 Å². The monoisotopic (exact) mass is 713 g/mol. The first kappa shape index (κ1) is 35.1. The molecule has 0 saturated heterocycles. The predicted molar refractivity (Wildman–Crippen MR) is 156 cm³/mol. The molecule has 3 N–H and O–H groups in total. The summed E-state index contributed by atoms with van der Waals surface area (Å²) in [6, 6.07) is 6.10. The van der Waals surface area contributed by atoms with Gasteiger partial charge in [-0.05, 0) is 62.7 Å². The number of amides is 3. The summed E-state index contributed by atoms with van der Waals surface area (Å²) < 4.78 is 99.7. The summed E-state index contributed by atoms with van der Waals surface area (Å²) in [7, 11) is 0. The molecular weight excluding hydrogens is 694 g/mol. The molecule has 4 rings (SSSR count). The van der Waals surface area contributed by atoms with Crippen molar-refractivity contribution in [3.8, 4) is 0 Å². The number of carbonyl (C=O) groups is 3. The third kappa shape index (κ3) is 7.45. The standard InChI is InChI=1S/C29H21Cl3F7N3O4/c1-27(2,3)46-26(45)42-18-10-17(21(34)23(36)22(18)35)41-24(43)13-9-12(5-6-15(13)30)40-25(44)20-19(28(20,31)32)11-4-7-16(33)14(8-11)29(37,38)39/h4-10,19-20H,1-3H3,(H,40,44)(H,41,43)(H,42,45)/t19-,20+/m0/s1. The van der Waals surface area contributed by atoms with Crippen LogP contribution in [0.25, 0.3) is 0 Å². The lowest BCUT2D eigenvalue weighted by atomic mass is 10.0. The van der Waals surface area contributed by atoms with Crippen LogP contribution in [0.3, 0.4) is 0 Å². The Morgan fingerprint density at radius 3 is 2.02 bits per heavy atom. The largest absolute Gasteiger partial charge is 0.444 e. The van der Waals surface area contributed by atoms with Gasteiger partial charge in [0, 0.05) is 11.6 Å². The molecule has 1 fully saturated rings. The average Bonchev–Trinajstić information content (AvgIpc) is 3.51. The van der Waals surface area contributed by atoms with Crippen LogP contribution in [0.5, 0.6) is 0 Å². The lowest BCUT2D eigenvalue weighted by Crippen LogP contribution is -2.27. The van der Waals surface area contributed by atoms with Gasteiger partial charge in [-0.15, -0.1) is 23.2 Å². The lowest BCUT2D eigenvalue weighted by molar-refractivity contribution is -0.140. The van der Waals surface area contributed by atoms with Crippen LogP contribution in [-0.4, -0.2) is 27.8 Å². The smallest absolute Gasteiger partial charge is 0.419 e. The van der Waals surface area contributed by atoms with E-state index >= 15 is 0 Å². The third-order valence-corrected chi connectivity index (χ3v) is 7.77. The maximum absolute atomic E-state index is 14.6. The van der Waals surface area contributed by atoms with Crippen LogP contribution in [0.15, 0.2) is 42.5 Å². The number of anilines is 3. The van der Waals surface area contributed by atoms with Crippen LogP contribution in [0.2, 0.25) is 5.02 Å². The van der Waals surface area contributed by atoms with Crippen LogP contribution < -0.4 is 16.0 Å². The molecule has 3 aromatic carbocycles. The first-order valence-corrected chi connectivity index (χ1v) is 14.1. The number of rotatable bonds is 6. The molecule has 246 valence electrons. The number of carbonyl (C=O) groups excluding carboxylic acids is 3. The second kappa shape index (κ2) is 12.5. The first-order chi connectivity index (χ1) is 21.1. The molecule has 0 aliphatic heterocycles. The quantitative estimate of drug-likeness (QED) is 0.135. The molecule has 0 aromatic heterocycles. The first-order valence-electron chi connectivity index (χ1n) is 13.0. The summed E-state index contributed by atoms with van der Waals surface area (Å²) in [4.78, 5) is 38.1. The summed E-state index contributed by atoms with van der Waals surface area (Å²) in [5, 5.41) is 6.08. The van der Waals surface area contributed by atoms with Crippen LogP contribution in [0, 0.1) is 29.2 Å². The minimum atomic E-state index is -5.02. The number of nitrogens with one attached hydrogen (secondary N) is 3. The molecule has 2 atom stereocenters. The van der Waals surface area contributed by atoms with Gasteiger partial charge in [0.15, 0.2) is 17.5 Å². The van der Waals surface area contributed by atoms with Crippen molar-refractivity contribution in [1.29, 1.82) is 0 Å². The zero-order valence-electron chi connectivity index (χ0n) is 23.6. The number of alkyl halides is 5. The van der Waals surface area contributed by atoms with E-state index in [4.69, 9.17) is 39.5 Å². The van der Waals surface area contributed by atoms with Crippen LogP contribution in [0.1, 0.15) is 48.2 Å². The molecule has 0 spiro atoms. The van der Waals surface area contributed by atoms with Gasteiger partial charge in [-0.1, -0.05) is 17.7 Å². The van der Waals surface area contributed by atoms with E-state index < -0.39 is 91.6 Å². The fourth-order valence-corrected chi connectivity index (χ4v) is 5.44. The Bertz CT molecular complexity index is 1750. The molecule has 1 aliphatic carbocycles. The SMILES string of the molecule is CC(C)(C)OC(=O)Nc1cc(NC(=O)c2cc(NC(=O)[C@H]3[C@H](c4ccc(F)c(C(F)(F)F)c4)C3(Cl)Cl)ccc2Cl)c(F)c(F)c1F. The summed E-state index contributed by atoms with van der Waals surface area (Å²) in [5.74, 6) is -11.6. The fourth-order valence-electron chi connectivity index (χ4n) is 4.41. The van der Waals surface area contributed by atoms with E-state index in [-0.39, 0.29) is 16.3 Å². The molecule has 0 bridgehead atoms. The Hall–Kier alpha value is -3.75. The van der Waals surface area contributed by atoms with Crippen molar-refractivity contribution in [2.45, 2.75) is 42.8 Å². The summed E-state index contributed by atoms with van der Waals surface area (Å²) >= 11 is 18.5. The Kier molecular flexibility index (Phi) is 9.51. The van der Waals surface area contributed by atoms with E-state index in [1.807, 2.05) is 10.6 Å². The fraction of sp³-hybridized carbons (Fsp3) is 0.276. The molecule has 3 amide bonds.